The Balaban J connectivity index is 0.871. The first-order valence-electron chi connectivity index (χ1n) is 28.6. The lowest BCUT2D eigenvalue weighted by Crippen LogP contribution is -2.57. The first-order chi connectivity index (χ1) is 41.4. The minimum atomic E-state index is -1.21. The number of nitrogens with one attached hydrogen (secondary N) is 8. The topological polar surface area (TPSA) is 350 Å². The molecule has 3 aromatic carbocycles. The summed E-state index contributed by atoms with van der Waals surface area (Å²) >= 11 is 6.51. The maximum Gasteiger partial charge on any atom is 0.410 e. The van der Waals surface area contributed by atoms with Crippen LogP contribution in [-0.2, 0) is 83.4 Å². The molecule has 0 aliphatic carbocycles. The van der Waals surface area contributed by atoms with Crippen molar-refractivity contribution in [3.05, 3.63) is 99.6 Å². The Morgan fingerprint density at radius 2 is 1.34 bits per heavy atom. The molecular weight excluding hydrogens is 1150 g/mol. The quantitative estimate of drug-likeness (QED) is 0.0347. The van der Waals surface area contributed by atoms with Gasteiger partial charge in [0.15, 0.2) is 0 Å². The van der Waals surface area contributed by atoms with Crippen LogP contribution >= 0.6 is 11.6 Å². The summed E-state index contributed by atoms with van der Waals surface area (Å²) in [5.41, 5.74) is 2.93. The summed E-state index contributed by atoms with van der Waals surface area (Å²) in [6.45, 7) is 4.07. The summed E-state index contributed by atoms with van der Waals surface area (Å²) in [7, 11) is 1.63. The number of rotatable bonds is 30. The largest absolute Gasteiger partial charge is 0.444 e. The number of urea groups is 1. The van der Waals surface area contributed by atoms with Gasteiger partial charge in [0.1, 0.15) is 24.4 Å². The summed E-state index contributed by atoms with van der Waals surface area (Å²) < 4.78 is 11.0. The number of carbonyl (C=O) groups is 13. The van der Waals surface area contributed by atoms with E-state index in [2.05, 4.69) is 42.5 Å². The van der Waals surface area contributed by atoms with Crippen molar-refractivity contribution in [2.75, 3.05) is 71.5 Å². The second-order valence-electron chi connectivity index (χ2n) is 21.9. The number of piperidine rings is 1. The number of halogens is 1. The number of carbonyl (C=O) groups excluding carboxylic acids is 13. The molecule has 0 saturated carbocycles. The number of anilines is 1. The Labute approximate surface area is 508 Å². The summed E-state index contributed by atoms with van der Waals surface area (Å²) in [4.78, 5) is 170. The van der Waals surface area contributed by atoms with Crippen LogP contribution in [0.2, 0.25) is 5.02 Å². The molecule has 0 spiro atoms. The van der Waals surface area contributed by atoms with Crippen molar-refractivity contribution in [1.29, 1.82) is 0 Å². The van der Waals surface area contributed by atoms with Gasteiger partial charge < -0.3 is 61.8 Å². The molecule has 28 heteroatoms. The summed E-state index contributed by atoms with van der Waals surface area (Å²) in [6.07, 6.45) is 2.13. The average Bonchev–Trinajstić information content (AvgIpc) is 1.97. The van der Waals surface area contributed by atoms with Crippen molar-refractivity contribution in [3.8, 4) is 0 Å². The van der Waals surface area contributed by atoms with Crippen molar-refractivity contribution >= 4 is 94.4 Å². The molecule has 1 unspecified atom stereocenters. The van der Waals surface area contributed by atoms with Gasteiger partial charge in [-0.3, -0.25) is 62.5 Å². The molecule has 6 rings (SSSR count). The summed E-state index contributed by atoms with van der Waals surface area (Å²) in [5, 5.41) is 20.5. The van der Waals surface area contributed by atoms with Crippen LogP contribution in [-0.4, -0.2) is 181 Å². The molecule has 8 N–H and O–H groups in total. The molecular formula is C59H75ClN12O15. The molecule has 14 amide bonds. The number of benzene rings is 3. The highest BCUT2D eigenvalue weighted by Gasteiger charge is 2.43. The van der Waals surface area contributed by atoms with Crippen molar-refractivity contribution in [2.45, 2.75) is 116 Å². The van der Waals surface area contributed by atoms with Gasteiger partial charge in [-0.2, -0.15) is 0 Å². The Morgan fingerprint density at radius 1 is 0.690 bits per heavy atom. The lowest BCUT2D eigenvalue weighted by molar-refractivity contribution is -0.153. The molecule has 2 atom stereocenters. The Morgan fingerprint density at radius 3 is 2.03 bits per heavy atom. The fourth-order valence-electron chi connectivity index (χ4n) is 9.32. The molecule has 3 heterocycles. The van der Waals surface area contributed by atoms with E-state index in [9.17, 15) is 62.3 Å². The minimum Gasteiger partial charge on any atom is -0.444 e. The molecule has 0 bridgehead atoms. The van der Waals surface area contributed by atoms with E-state index < -0.39 is 116 Å². The number of fused-ring (bicyclic) bond motifs is 1. The number of likely N-dealkylation sites (N-methyl/N-ethyl adjacent to an activating group) is 1. The van der Waals surface area contributed by atoms with E-state index in [1.807, 2.05) is 0 Å². The standard InChI is InChI=1S/C59H75ClN12O15/c1-59(2,3)87-58(85)69(4)24-26-86-25-22-39-15-16-41(29-43(39)60)67-57(84)65-30-38-14-17-42-40(27-38)35-71(55(42)82)45-18-19-53(80)72(56(45)83)36-66-49(76)32-62-48(75)33-64-54(81)44(28-37-11-7-5-8-12-37)68-50(77)34-63-47(74)31-61-46(73)13-9-6-10-23-70-51(78)20-21-52(70)79/h5,7-8,11-12,14-17,27,29,44-45H,6,9-10,13,18-26,28,30-36H2,1-4H3,(H,61,73)(H,62,75)(H,63,74)(H,64,81)(H,66,76)(H,68,77)(H2,65,67,84)/t44-,45?/m0/s1. The summed E-state index contributed by atoms with van der Waals surface area (Å²) in [6, 6.07) is 16.0. The van der Waals surface area contributed by atoms with Crippen LogP contribution in [0.15, 0.2) is 66.7 Å². The first-order valence-corrected chi connectivity index (χ1v) is 29.0. The summed E-state index contributed by atoms with van der Waals surface area (Å²) in [5.74, 6) is -6.28. The van der Waals surface area contributed by atoms with Crippen LogP contribution in [0.5, 0.6) is 0 Å². The van der Waals surface area contributed by atoms with Gasteiger partial charge in [-0.1, -0.05) is 66.6 Å². The second-order valence-corrected chi connectivity index (χ2v) is 22.3. The Hall–Kier alpha value is -8.98. The number of hydrogen-bond donors (Lipinski definition) is 8. The van der Waals surface area contributed by atoms with Crippen LogP contribution in [0.4, 0.5) is 15.3 Å². The minimum absolute atomic E-state index is 0.00154. The fourth-order valence-corrected chi connectivity index (χ4v) is 9.59. The molecule has 3 aliphatic heterocycles. The number of ether oxygens (including phenoxy) is 2. The third-order valence-electron chi connectivity index (χ3n) is 14.0. The highest BCUT2D eigenvalue weighted by Crippen LogP contribution is 2.30. The van der Waals surface area contributed by atoms with Crippen LogP contribution in [0, 0.1) is 0 Å². The zero-order chi connectivity index (χ0) is 63.2. The van der Waals surface area contributed by atoms with Crippen molar-refractivity contribution < 1.29 is 71.8 Å². The molecule has 87 heavy (non-hydrogen) atoms. The van der Waals surface area contributed by atoms with E-state index >= 15 is 0 Å². The Bertz CT molecular complexity index is 3050. The van der Waals surface area contributed by atoms with Gasteiger partial charge in [0.25, 0.3) is 11.8 Å². The third kappa shape index (κ3) is 21.5. The van der Waals surface area contributed by atoms with E-state index in [1.165, 1.54) is 14.7 Å². The number of nitrogens with zero attached hydrogens (tertiary/aromatic N) is 4. The molecule has 3 aromatic rings. The maximum atomic E-state index is 13.8. The molecule has 468 valence electrons. The van der Waals surface area contributed by atoms with Crippen molar-refractivity contribution in [1.82, 2.24) is 56.8 Å². The molecule has 27 nitrogen and oxygen atoms in total. The average molecular weight is 1230 g/mol. The van der Waals surface area contributed by atoms with Crippen LogP contribution < -0.4 is 42.5 Å². The predicted octanol–water partition coefficient (Wildman–Crippen LogP) is 1.54. The third-order valence-corrected chi connectivity index (χ3v) is 14.3. The van der Waals surface area contributed by atoms with Gasteiger partial charge in [-0.05, 0) is 86.9 Å². The molecule has 2 fully saturated rings. The zero-order valence-corrected chi connectivity index (χ0v) is 49.9. The number of likely N-dealkylation sites (tertiary alicyclic amines) is 2. The molecule has 3 aliphatic rings. The van der Waals surface area contributed by atoms with Crippen molar-refractivity contribution in [2.24, 2.45) is 0 Å². The van der Waals surface area contributed by atoms with Gasteiger partial charge in [-0.25, -0.2) is 9.59 Å². The SMILES string of the molecule is CN(CCOCCc1ccc(NC(=O)NCc2ccc3c(c2)CN(C2CCC(=O)N(CNC(=O)CNC(=O)CNC(=O)[C@H](Cc4ccccc4)NC(=O)CNC(=O)CNC(=O)CCCCCN4C(=O)CCC4=O)C2=O)C3=O)cc1Cl)C(=O)OC(C)(C)C. The highest BCUT2D eigenvalue weighted by atomic mass is 35.5. The number of amides is 14. The number of hydrogen-bond acceptors (Lipinski definition) is 15. The van der Waals surface area contributed by atoms with Gasteiger partial charge >= 0.3 is 12.1 Å². The maximum absolute atomic E-state index is 13.8. The van der Waals surface area contributed by atoms with Gasteiger partial charge in [0.05, 0.1) is 39.4 Å². The van der Waals surface area contributed by atoms with E-state index in [0.717, 1.165) is 10.5 Å². The predicted molar refractivity (Wildman–Crippen MR) is 313 cm³/mol. The van der Waals surface area contributed by atoms with E-state index in [4.69, 9.17) is 21.1 Å². The van der Waals surface area contributed by atoms with Gasteiger partial charge in [0, 0.05) is 81.6 Å². The van der Waals surface area contributed by atoms with Crippen LogP contribution in [0.25, 0.3) is 0 Å². The Kier molecular flexibility index (Phi) is 25.1. The molecule has 2 saturated heterocycles. The normalized spacial score (nSPS) is 15.1. The van der Waals surface area contributed by atoms with E-state index in [-0.39, 0.29) is 63.4 Å². The van der Waals surface area contributed by atoms with Crippen molar-refractivity contribution in [3.63, 3.8) is 0 Å². The van der Waals surface area contributed by atoms with E-state index in [0.29, 0.717) is 85.0 Å². The lowest BCUT2D eigenvalue weighted by atomic mass is 10.0. The monoisotopic (exact) mass is 1230 g/mol. The smallest absolute Gasteiger partial charge is 0.410 e. The second kappa shape index (κ2) is 32.5. The highest BCUT2D eigenvalue weighted by molar-refractivity contribution is 6.31. The lowest BCUT2D eigenvalue weighted by Gasteiger charge is -2.35. The number of unbranched alkanes of at least 4 members (excludes halogenated alkanes) is 2. The van der Waals surface area contributed by atoms with Gasteiger partial charge in [-0.15, -0.1) is 0 Å². The van der Waals surface area contributed by atoms with Gasteiger partial charge in [0.2, 0.25) is 53.2 Å². The van der Waals surface area contributed by atoms with Crippen LogP contribution in [0.1, 0.15) is 105 Å². The van der Waals surface area contributed by atoms with E-state index in [1.54, 1.807) is 94.5 Å². The fraction of sp³-hybridized carbons (Fsp3) is 0.475. The molecule has 0 radical (unpaired) electrons. The molecule has 0 aromatic heterocycles. The van der Waals surface area contributed by atoms with Crippen LogP contribution in [0.3, 0.4) is 0 Å². The first kappa shape index (κ1) is 67.2. The number of imide groups is 2. The zero-order valence-electron chi connectivity index (χ0n) is 49.1.